The number of aryl methyl sites for hydroxylation is 1. The highest BCUT2D eigenvalue weighted by molar-refractivity contribution is 7.90. The van der Waals surface area contributed by atoms with Gasteiger partial charge < -0.3 is 10.6 Å². The minimum Gasteiger partial charge on any atom is -0.373 e. The van der Waals surface area contributed by atoms with E-state index >= 15 is 0 Å². The molecule has 1 aromatic carbocycles. The maximum Gasteiger partial charge on any atom is 0.242 e. The normalized spacial score (nSPS) is 17.9. The third-order valence-corrected chi connectivity index (χ3v) is 4.39. The lowest BCUT2D eigenvalue weighted by atomic mass is 9.98. The van der Waals surface area contributed by atoms with Crippen molar-refractivity contribution in [3.63, 3.8) is 0 Å². The zero-order chi connectivity index (χ0) is 14.6. The predicted octanol–water partition coefficient (Wildman–Crippen LogP) is 0.964. The molecule has 6 heteroatoms. The molecule has 1 heterocycles. The summed E-state index contributed by atoms with van der Waals surface area (Å²) in [4.78, 5) is 12.0. The van der Waals surface area contributed by atoms with Gasteiger partial charge in [-0.1, -0.05) is 18.2 Å². The van der Waals surface area contributed by atoms with Crippen molar-refractivity contribution in [2.75, 3.05) is 23.9 Å². The summed E-state index contributed by atoms with van der Waals surface area (Å²) in [7, 11) is -2.95. The summed E-state index contributed by atoms with van der Waals surface area (Å²) in [5.41, 5.74) is 2.24. The third-order valence-electron chi connectivity index (χ3n) is 3.36. The fourth-order valence-electron chi connectivity index (χ4n) is 2.30. The van der Waals surface area contributed by atoms with Crippen LogP contribution >= 0.6 is 0 Å². The Balaban J connectivity index is 1.80. The van der Waals surface area contributed by atoms with Gasteiger partial charge in [-0.15, -0.1) is 0 Å². The Hall–Kier alpha value is -1.56. The van der Waals surface area contributed by atoms with E-state index in [-0.39, 0.29) is 17.7 Å². The van der Waals surface area contributed by atoms with Crippen molar-refractivity contribution in [3.05, 3.63) is 29.8 Å². The molecular weight excluding hydrogens is 276 g/mol. The second-order valence-electron chi connectivity index (χ2n) is 5.17. The molecule has 0 saturated heterocycles. The van der Waals surface area contributed by atoms with Crippen LogP contribution in [0.3, 0.4) is 0 Å². The van der Waals surface area contributed by atoms with E-state index in [1.165, 1.54) is 11.8 Å². The van der Waals surface area contributed by atoms with Gasteiger partial charge in [0.25, 0.3) is 0 Å². The van der Waals surface area contributed by atoms with Crippen molar-refractivity contribution in [3.8, 4) is 0 Å². The quantitative estimate of drug-likeness (QED) is 0.794. The molecule has 0 aliphatic carbocycles. The van der Waals surface area contributed by atoms with Gasteiger partial charge in [0.15, 0.2) is 0 Å². The molecule has 0 fully saturated rings. The van der Waals surface area contributed by atoms with Gasteiger partial charge in [-0.2, -0.15) is 0 Å². The van der Waals surface area contributed by atoms with Gasteiger partial charge in [0, 0.05) is 18.5 Å². The SMILES string of the molecule is CS(=O)(=O)CCCNC(=O)C1CCc2ccccc2N1. The fourth-order valence-corrected chi connectivity index (χ4v) is 2.97. The lowest BCUT2D eigenvalue weighted by Gasteiger charge is -2.26. The summed E-state index contributed by atoms with van der Waals surface area (Å²) >= 11 is 0. The third kappa shape index (κ3) is 4.23. The van der Waals surface area contributed by atoms with Gasteiger partial charge in [0.2, 0.25) is 5.91 Å². The van der Waals surface area contributed by atoms with Crippen molar-refractivity contribution in [2.24, 2.45) is 0 Å². The summed E-state index contributed by atoms with van der Waals surface area (Å²) in [5, 5.41) is 6.01. The number of carbonyl (C=O) groups excluding carboxylic acids is 1. The van der Waals surface area contributed by atoms with Gasteiger partial charge in [-0.3, -0.25) is 4.79 Å². The summed E-state index contributed by atoms with van der Waals surface area (Å²) in [6, 6.07) is 7.73. The standard InChI is InChI=1S/C14H20N2O3S/c1-20(18,19)10-4-9-15-14(17)13-8-7-11-5-2-3-6-12(11)16-13/h2-3,5-6,13,16H,4,7-10H2,1H3,(H,15,17). The smallest absolute Gasteiger partial charge is 0.242 e. The number of rotatable bonds is 5. The average molecular weight is 296 g/mol. The first kappa shape index (κ1) is 14.8. The summed E-state index contributed by atoms with van der Waals surface area (Å²) in [6.45, 7) is 0.395. The largest absolute Gasteiger partial charge is 0.373 e. The number of sulfone groups is 1. The maximum atomic E-state index is 12.0. The second-order valence-corrected chi connectivity index (χ2v) is 7.43. The van der Waals surface area contributed by atoms with Crippen LogP contribution in [0.5, 0.6) is 0 Å². The zero-order valence-corrected chi connectivity index (χ0v) is 12.4. The lowest BCUT2D eigenvalue weighted by Crippen LogP contribution is -2.42. The Morgan fingerprint density at radius 2 is 2.15 bits per heavy atom. The molecule has 1 aliphatic rings. The molecular formula is C14H20N2O3S. The molecule has 20 heavy (non-hydrogen) atoms. The van der Waals surface area contributed by atoms with E-state index < -0.39 is 9.84 Å². The summed E-state index contributed by atoms with van der Waals surface area (Å²) in [6.07, 6.45) is 3.29. The number of hydrogen-bond acceptors (Lipinski definition) is 4. The van der Waals surface area contributed by atoms with Crippen LogP contribution in [0, 0.1) is 0 Å². The molecule has 110 valence electrons. The molecule has 0 spiro atoms. The van der Waals surface area contributed by atoms with Crippen LogP contribution in [0.1, 0.15) is 18.4 Å². The fraction of sp³-hybridized carbons (Fsp3) is 0.500. The van der Waals surface area contributed by atoms with Crippen molar-refractivity contribution < 1.29 is 13.2 Å². The Bertz CT molecular complexity index is 584. The van der Waals surface area contributed by atoms with Crippen molar-refractivity contribution in [1.29, 1.82) is 0 Å². The first-order valence-electron chi connectivity index (χ1n) is 6.75. The number of hydrogen-bond donors (Lipinski definition) is 2. The molecule has 1 unspecified atom stereocenters. The number of anilines is 1. The highest BCUT2D eigenvalue weighted by atomic mass is 32.2. The topological polar surface area (TPSA) is 75.3 Å². The zero-order valence-electron chi connectivity index (χ0n) is 11.6. The minimum atomic E-state index is -2.95. The Kier molecular flexibility index (Phi) is 4.65. The molecule has 2 rings (SSSR count). The molecule has 1 aromatic rings. The molecule has 0 radical (unpaired) electrons. The Labute approximate surface area is 119 Å². The van der Waals surface area contributed by atoms with E-state index in [1.54, 1.807) is 0 Å². The van der Waals surface area contributed by atoms with E-state index in [4.69, 9.17) is 0 Å². The molecule has 2 N–H and O–H groups in total. The van der Waals surface area contributed by atoms with Gasteiger partial charge in [-0.05, 0) is 30.9 Å². The maximum absolute atomic E-state index is 12.0. The second kappa shape index (κ2) is 6.26. The van der Waals surface area contributed by atoms with E-state index in [0.717, 1.165) is 18.5 Å². The van der Waals surface area contributed by atoms with Crippen LogP contribution in [0.2, 0.25) is 0 Å². The van der Waals surface area contributed by atoms with Crippen LogP contribution in [0.25, 0.3) is 0 Å². The van der Waals surface area contributed by atoms with Crippen LogP contribution in [-0.2, 0) is 21.1 Å². The van der Waals surface area contributed by atoms with Gasteiger partial charge in [0.1, 0.15) is 15.9 Å². The van der Waals surface area contributed by atoms with Crippen LogP contribution < -0.4 is 10.6 Å². The summed E-state index contributed by atoms with van der Waals surface area (Å²) in [5.74, 6) is 0.0433. The van der Waals surface area contributed by atoms with Crippen molar-refractivity contribution >= 4 is 21.4 Å². The van der Waals surface area contributed by atoms with Crippen LogP contribution in [0.4, 0.5) is 5.69 Å². The molecule has 0 aromatic heterocycles. The average Bonchev–Trinajstić information content (AvgIpc) is 2.42. The number of para-hydroxylation sites is 1. The van der Waals surface area contributed by atoms with Crippen molar-refractivity contribution in [1.82, 2.24) is 5.32 Å². The van der Waals surface area contributed by atoms with E-state index in [2.05, 4.69) is 16.7 Å². The van der Waals surface area contributed by atoms with Gasteiger partial charge >= 0.3 is 0 Å². The first-order chi connectivity index (χ1) is 9.46. The lowest BCUT2D eigenvalue weighted by molar-refractivity contribution is -0.122. The molecule has 5 nitrogen and oxygen atoms in total. The number of amides is 1. The Morgan fingerprint density at radius 1 is 1.40 bits per heavy atom. The highest BCUT2D eigenvalue weighted by Crippen LogP contribution is 2.24. The number of carbonyl (C=O) groups is 1. The first-order valence-corrected chi connectivity index (χ1v) is 8.81. The van der Waals surface area contributed by atoms with Crippen LogP contribution in [-0.4, -0.2) is 38.9 Å². The van der Waals surface area contributed by atoms with Crippen LogP contribution in [0.15, 0.2) is 24.3 Å². The van der Waals surface area contributed by atoms with Gasteiger partial charge in [0.05, 0.1) is 5.75 Å². The van der Waals surface area contributed by atoms with E-state index in [9.17, 15) is 13.2 Å². The number of benzene rings is 1. The van der Waals surface area contributed by atoms with E-state index in [0.29, 0.717) is 13.0 Å². The molecule has 1 aliphatic heterocycles. The highest BCUT2D eigenvalue weighted by Gasteiger charge is 2.23. The Morgan fingerprint density at radius 3 is 2.90 bits per heavy atom. The van der Waals surface area contributed by atoms with Crippen molar-refractivity contribution in [2.45, 2.75) is 25.3 Å². The van der Waals surface area contributed by atoms with E-state index in [1.807, 2.05) is 18.2 Å². The number of nitrogens with one attached hydrogen (secondary N) is 2. The molecule has 1 amide bonds. The molecule has 0 bridgehead atoms. The summed E-state index contributed by atoms with van der Waals surface area (Å²) < 4.78 is 22.0. The molecule has 0 saturated carbocycles. The monoisotopic (exact) mass is 296 g/mol. The van der Waals surface area contributed by atoms with Gasteiger partial charge in [-0.25, -0.2) is 8.42 Å². The number of fused-ring (bicyclic) bond motifs is 1. The minimum absolute atomic E-state index is 0.0620. The predicted molar refractivity (Wildman–Crippen MR) is 79.5 cm³/mol. The molecule has 1 atom stereocenters.